The Labute approximate surface area is 126 Å². The first kappa shape index (κ1) is 12.8. The average Bonchev–Trinajstić information content (AvgIpc) is 3.08. The van der Waals surface area contributed by atoms with Crippen LogP contribution in [0.25, 0.3) is 15.5 Å². The van der Waals surface area contributed by atoms with Gasteiger partial charge < -0.3 is 5.11 Å². The van der Waals surface area contributed by atoms with Gasteiger partial charge in [0.25, 0.3) is 0 Å². The fourth-order valence-corrected chi connectivity index (χ4v) is 3.89. The summed E-state index contributed by atoms with van der Waals surface area (Å²) in [5.41, 5.74) is 0.752. The summed E-state index contributed by atoms with van der Waals surface area (Å²) in [7, 11) is 0. The van der Waals surface area contributed by atoms with Gasteiger partial charge in [-0.3, -0.25) is 0 Å². The minimum absolute atomic E-state index is 0.252. The molecule has 0 saturated heterocycles. The van der Waals surface area contributed by atoms with Crippen LogP contribution >= 0.6 is 11.3 Å². The number of nitrogens with zero attached hydrogens (tertiary/aromatic N) is 4. The van der Waals surface area contributed by atoms with Crippen LogP contribution in [0.4, 0.5) is 0 Å². The molecule has 1 saturated carbocycles. The molecule has 6 heteroatoms. The lowest BCUT2D eigenvalue weighted by Gasteiger charge is -2.18. The standard InChI is InChI=1S/C15H16N4OS/c20-12-9-5-4-8-11(12)14-18-19-13(16-17-15(19)21-14)10-6-2-1-3-7-10/h4-5,8-10,20H,1-3,6-7H2. The summed E-state index contributed by atoms with van der Waals surface area (Å²) in [6, 6.07) is 7.27. The van der Waals surface area contributed by atoms with Crippen LogP contribution in [0.2, 0.25) is 0 Å². The second-order valence-corrected chi connectivity index (χ2v) is 6.47. The van der Waals surface area contributed by atoms with Gasteiger partial charge in [0.15, 0.2) is 10.8 Å². The Kier molecular flexibility index (Phi) is 3.11. The average molecular weight is 300 g/mol. The lowest BCUT2D eigenvalue weighted by atomic mass is 9.89. The molecule has 0 spiro atoms. The van der Waals surface area contributed by atoms with E-state index in [9.17, 15) is 5.11 Å². The van der Waals surface area contributed by atoms with E-state index in [1.54, 1.807) is 6.07 Å². The molecule has 0 amide bonds. The van der Waals surface area contributed by atoms with E-state index in [0.717, 1.165) is 21.4 Å². The summed E-state index contributed by atoms with van der Waals surface area (Å²) in [4.78, 5) is 0.800. The number of aromatic nitrogens is 4. The third-order valence-electron chi connectivity index (χ3n) is 4.12. The minimum atomic E-state index is 0.252. The van der Waals surface area contributed by atoms with Crippen molar-refractivity contribution in [2.75, 3.05) is 0 Å². The molecule has 0 atom stereocenters. The number of benzene rings is 1. The van der Waals surface area contributed by atoms with E-state index in [1.165, 1.54) is 43.4 Å². The third kappa shape index (κ3) is 2.19. The van der Waals surface area contributed by atoms with E-state index < -0.39 is 0 Å². The van der Waals surface area contributed by atoms with Crippen molar-refractivity contribution in [1.82, 2.24) is 19.8 Å². The second kappa shape index (κ2) is 5.11. The number of fused-ring (bicyclic) bond motifs is 1. The monoisotopic (exact) mass is 300 g/mol. The van der Waals surface area contributed by atoms with Gasteiger partial charge in [-0.1, -0.05) is 42.7 Å². The molecule has 3 aromatic rings. The lowest BCUT2D eigenvalue weighted by Crippen LogP contribution is -2.09. The van der Waals surface area contributed by atoms with Gasteiger partial charge in [0.1, 0.15) is 5.75 Å². The molecule has 1 aromatic carbocycles. The van der Waals surface area contributed by atoms with Gasteiger partial charge in [-0.2, -0.15) is 9.61 Å². The van der Waals surface area contributed by atoms with Crippen molar-refractivity contribution in [3.8, 4) is 16.3 Å². The van der Waals surface area contributed by atoms with Gasteiger partial charge in [-0.25, -0.2) is 0 Å². The van der Waals surface area contributed by atoms with Crippen LogP contribution in [-0.2, 0) is 0 Å². The van der Waals surface area contributed by atoms with Crippen LogP contribution < -0.4 is 0 Å². The predicted molar refractivity (Wildman–Crippen MR) is 81.6 cm³/mol. The van der Waals surface area contributed by atoms with Crippen LogP contribution in [0.3, 0.4) is 0 Å². The zero-order valence-electron chi connectivity index (χ0n) is 11.6. The molecule has 1 fully saturated rings. The molecule has 5 nitrogen and oxygen atoms in total. The van der Waals surface area contributed by atoms with E-state index in [2.05, 4.69) is 15.3 Å². The molecule has 108 valence electrons. The third-order valence-corrected chi connectivity index (χ3v) is 5.05. The molecule has 0 aliphatic heterocycles. The summed E-state index contributed by atoms with van der Waals surface area (Å²) >= 11 is 1.47. The lowest BCUT2D eigenvalue weighted by molar-refractivity contribution is 0.423. The van der Waals surface area contributed by atoms with Crippen molar-refractivity contribution in [2.45, 2.75) is 38.0 Å². The fraction of sp³-hybridized carbons (Fsp3) is 0.400. The molecule has 21 heavy (non-hydrogen) atoms. The number of hydrogen-bond donors (Lipinski definition) is 1. The summed E-state index contributed by atoms with van der Waals surface area (Å²) in [5.74, 6) is 1.69. The smallest absolute Gasteiger partial charge is 0.234 e. The van der Waals surface area contributed by atoms with E-state index in [0.29, 0.717) is 5.92 Å². The Morgan fingerprint density at radius 2 is 1.90 bits per heavy atom. The highest BCUT2D eigenvalue weighted by Crippen LogP contribution is 2.35. The highest BCUT2D eigenvalue weighted by molar-refractivity contribution is 7.19. The van der Waals surface area contributed by atoms with Crippen LogP contribution in [0.1, 0.15) is 43.8 Å². The van der Waals surface area contributed by atoms with Gasteiger partial charge in [0.05, 0.1) is 5.56 Å². The Hall–Kier alpha value is -1.95. The molecule has 1 aliphatic rings. The van der Waals surface area contributed by atoms with Gasteiger partial charge in [0.2, 0.25) is 4.96 Å². The maximum absolute atomic E-state index is 9.97. The molecule has 1 aliphatic carbocycles. The first-order chi connectivity index (χ1) is 10.3. The van der Waals surface area contributed by atoms with Crippen LogP contribution in [-0.4, -0.2) is 24.9 Å². The van der Waals surface area contributed by atoms with E-state index in [-0.39, 0.29) is 5.75 Å². The van der Waals surface area contributed by atoms with Gasteiger partial charge >= 0.3 is 0 Å². The van der Waals surface area contributed by atoms with Gasteiger partial charge in [-0.15, -0.1) is 10.2 Å². The summed E-state index contributed by atoms with van der Waals surface area (Å²) in [6.45, 7) is 0. The van der Waals surface area contributed by atoms with Crippen LogP contribution in [0.15, 0.2) is 24.3 Å². The van der Waals surface area contributed by atoms with Crippen molar-refractivity contribution in [1.29, 1.82) is 0 Å². The zero-order valence-corrected chi connectivity index (χ0v) is 12.4. The maximum atomic E-state index is 9.97. The van der Waals surface area contributed by atoms with E-state index in [4.69, 9.17) is 0 Å². The quantitative estimate of drug-likeness (QED) is 0.785. The molecular formula is C15H16N4OS. The highest BCUT2D eigenvalue weighted by Gasteiger charge is 2.23. The number of para-hydroxylation sites is 1. The summed E-state index contributed by atoms with van der Waals surface area (Å²) in [5, 5.41) is 24.0. The number of aromatic hydroxyl groups is 1. The van der Waals surface area contributed by atoms with Crippen molar-refractivity contribution in [3.05, 3.63) is 30.1 Å². The number of rotatable bonds is 2. The summed E-state index contributed by atoms with van der Waals surface area (Å²) in [6.07, 6.45) is 6.18. The zero-order chi connectivity index (χ0) is 14.2. The first-order valence-corrected chi connectivity index (χ1v) is 8.15. The number of hydrogen-bond acceptors (Lipinski definition) is 5. The predicted octanol–water partition coefficient (Wildman–Crippen LogP) is 3.61. The van der Waals surface area contributed by atoms with Crippen LogP contribution in [0, 0.1) is 0 Å². The molecule has 1 N–H and O–H groups in total. The highest BCUT2D eigenvalue weighted by atomic mass is 32.1. The topological polar surface area (TPSA) is 63.3 Å². The largest absolute Gasteiger partial charge is 0.507 e. The molecular weight excluding hydrogens is 284 g/mol. The Morgan fingerprint density at radius 1 is 1.10 bits per heavy atom. The fourth-order valence-electron chi connectivity index (χ4n) is 3.01. The minimum Gasteiger partial charge on any atom is -0.507 e. The molecule has 0 bridgehead atoms. The SMILES string of the molecule is Oc1ccccc1-c1nn2c(C3CCCCC3)nnc2s1. The number of phenols is 1. The number of phenolic OH excluding ortho intramolecular Hbond substituents is 1. The summed E-state index contributed by atoms with van der Waals surface area (Å²) < 4.78 is 1.86. The first-order valence-electron chi connectivity index (χ1n) is 7.33. The van der Waals surface area contributed by atoms with Gasteiger partial charge in [-0.05, 0) is 25.0 Å². The Morgan fingerprint density at radius 3 is 2.71 bits per heavy atom. The van der Waals surface area contributed by atoms with E-state index in [1.807, 2.05) is 22.7 Å². The van der Waals surface area contributed by atoms with Crippen molar-refractivity contribution in [3.63, 3.8) is 0 Å². The maximum Gasteiger partial charge on any atom is 0.234 e. The second-order valence-electron chi connectivity index (χ2n) is 5.51. The van der Waals surface area contributed by atoms with Crippen molar-refractivity contribution < 1.29 is 5.11 Å². The normalized spacial score (nSPS) is 16.6. The van der Waals surface area contributed by atoms with Crippen LogP contribution in [0.5, 0.6) is 5.75 Å². The Bertz CT molecular complexity index is 773. The molecule has 2 heterocycles. The van der Waals surface area contributed by atoms with Crippen molar-refractivity contribution in [2.24, 2.45) is 0 Å². The molecule has 2 aromatic heterocycles. The Balaban J connectivity index is 1.77. The molecule has 4 rings (SSSR count). The molecule has 0 unspecified atom stereocenters. The van der Waals surface area contributed by atoms with Crippen molar-refractivity contribution >= 4 is 16.3 Å². The van der Waals surface area contributed by atoms with E-state index >= 15 is 0 Å². The molecule has 0 radical (unpaired) electrons. The van der Waals surface area contributed by atoms with Gasteiger partial charge in [0, 0.05) is 5.92 Å².